The largest absolute Gasteiger partial charge is 0.493 e. The Morgan fingerprint density at radius 1 is 1.10 bits per heavy atom. The summed E-state index contributed by atoms with van der Waals surface area (Å²) < 4.78 is 6.16. The molecule has 3 nitrogen and oxygen atoms in total. The van der Waals surface area contributed by atoms with Crippen LogP contribution in [-0.4, -0.2) is 17.7 Å². The van der Waals surface area contributed by atoms with Gasteiger partial charge in [-0.25, -0.2) is 4.79 Å². The summed E-state index contributed by atoms with van der Waals surface area (Å²) in [5.41, 5.74) is 6.02. The third kappa shape index (κ3) is 5.62. The van der Waals surface area contributed by atoms with Gasteiger partial charge in [-0.05, 0) is 78.3 Å². The van der Waals surface area contributed by atoms with Crippen molar-refractivity contribution in [2.24, 2.45) is 0 Å². The van der Waals surface area contributed by atoms with Crippen molar-refractivity contribution in [3.63, 3.8) is 0 Å². The molecule has 1 aliphatic rings. The van der Waals surface area contributed by atoms with Gasteiger partial charge in [-0.15, -0.1) is 0 Å². The summed E-state index contributed by atoms with van der Waals surface area (Å²) in [5.74, 6) is 0.0129. The fourth-order valence-electron chi connectivity index (χ4n) is 3.91. The first-order valence-corrected chi connectivity index (χ1v) is 10.6. The third-order valence-electron chi connectivity index (χ3n) is 5.90. The molecule has 29 heavy (non-hydrogen) atoms. The Bertz CT molecular complexity index is 851. The number of allylic oxidation sites excluding steroid dienone is 5. The number of hydrogen-bond acceptors (Lipinski definition) is 2. The molecule has 1 aromatic carbocycles. The van der Waals surface area contributed by atoms with E-state index in [4.69, 9.17) is 9.84 Å². The molecule has 0 saturated heterocycles. The molecule has 3 heteroatoms. The van der Waals surface area contributed by atoms with E-state index in [0.29, 0.717) is 12.2 Å². The maximum absolute atomic E-state index is 10.8. The van der Waals surface area contributed by atoms with Gasteiger partial charge in [-0.1, -0.05) is 52.8 Å². The zero-order chi connectivity index (χ0) is 21.8. The van der Waals surface area contributed by atoms with Crippen LogP contribution in [0.1, 0.15) is 84.4 Å². The monoisotopic (exact) mass is 396 g/mol. The summed E-state index contributed by atoms with van der Waals surface area (Å²) in [6.45, 7) is 16.0. The number of benzene rings is 1. The molecular weight excluding hydrogens is 360 g/mol. The van der Waals surface area contributed by atoms with E-state index in [2.05, 4.69) is 53.7 Å². The molecule has 0 saturated carbocycles. The van der Waals surface area contributed by atoms with Crippen LogP contribution < -0.4 is 4.74 Å². The highest BCUT2D eigenvalue weighted by Crippen LogP contribution is 2.48. The number of aliphatic carboxylic acids is 1. The Kier molecular flexibility index (Phi) is 7.15. The molecule has 0 amide bonds. The second kappa shape index (κ2) is 9.02. The van der Waals surface area contributed by atoms with Gasteiger partial charge in [-0.3, -0.25) is 0 Å². The van der Waals surface area contributed by atoms with E-state index >= 15 is 0 Å². The maximum Gasteiger partial charge on any atom is 0.328 e. The van der Waals surface area contributed by atoms with E-state index in [1.807, 2.05) is 18.2 Å². The van der Waals surface area contributed by atoms with Crippen LogP contribution >= 0.6 is 0 Å². The van der Waals surface area contributed by atoms with Gasteiger partial charge >= 0.3 is 5.97 Å². The molecule has 0 atom stereocenters. The Morgan fingerprint density at radius 2 is 1.69 bits per heavy atom. The summed E-state index contributed by atoms with van der Waals surface area (Å²) in [5, 5.41) is 8.85. The van der Waals surface area contributed by atoms with Crippen molar-refractivity contribution >= 4 is 11.5 Å². The van der Waals surface area contributed by atoms with E-state index in [9.17, 15) is 4.79 Å². The first kappa shape index (κ1) is 23.0. The molecule has 0 fully saturated rings. The Morgan fingerprint density at radius 3 is 2.24 bits per heavy atom. The molecule has 1 aliphatic carbocycles. The molecule has 0 aromatic heterocycles. The summed E-state index contributed by atoms with van der Waals surface area (Å²) in [6.07, 6.45) is 10.3. The SMILES string of the molecule is CCCOc1cc2c(cc1/C(C)=C\C=CC(C)=CC(=O)O)C(C)(C)CCC2(C)C. The lowest BCUT2D eigenvalue weighted by atomic mass is 9.62. The van der Waals surface area contributed by atoms with Crippen LogP contribution in [0.5, 0.6) is 5.75 Å². The average molecular weight is 397 g/mol. The minimum Gasteiger partial charge on any atom is -0.493 e. The first-order chi connectivity index (χ1) is 13.5. The van der Waals surface area contributed by atoms with Crippen molar-refractivity contribution in [1.82, 2.24) is 0 Å². The standard InChI is InChI=1S/C26H36O3/c1-8-14-29-23-17-22-21(25(4,5)12-13-26(22,6)7)16-20(23)19(3)11-9-10-18(2)15-24(27)28/h9-11,15-17H,8,12-14H2,1-7H3,(H,27,28)/b10-9?,18-15?,19-11-. The van der Waals surface area contributed by atoms with Crippen LogP contribution in [-0.2, 0) is 15.6 Å². The second-order valence-corrected chi connectivity index (χ2v) is 9.45. The van der Waals surface area contributed by atoms with Gasteiger partial charge in [-0.2, -0.15) is 0 Å². The van der Waals surface area contributed by atoms with E-state index in [1.165, 1.54) is 30.0 Å². The highest BCUT2D eigenvalue weighted by Gasteiger charge is 2.38. The van der Waals surface area contributed by atoms with Gasteiger partial charge < -0.3 is 9.84 Å². The van der Waals surface area contributed by atoms with Crippen molar-refractivity contribution in [2.75, 3.05) is 6.61 Å². The van der Waals surface area contributed by atoms with Crippen molar-refractivity contribution in [3.8, 4) is 5.75 Å². The number of ether oxygens (including phenoxy) is 1. The number of carboxylic acid groups (broad SMARTS) is 1. The molecular formula is C26H36O3. The third-order valence-corrected chi connectivity index (χ3v) is 5.90. The summed E-state index contributed by atoms with van der Waals surface area (Å²) in [4.78, 5) is 10.8. The number of carboxylic acids is 1. The topological polar surface area (TPSA) is 46.5 Å². The fourth-order valence-corrected chi connectivity index (χ4v) is 3.91. The Balaban J connectivity index is 2.53. The summed E-state index contributed by atoms with van der Waals surface area (Å²) >= 11 is 0. The zero-order valence-electron chi connectivity index (χ0n) is 19.1. The zero-order valence-corrected chi connectivity index (χ0v) is 19.1. The van der Waals surface area contributed by atoms with E-state index < -0.39 is 5.97 Å². The lowest BCUT2D eigenvalue weighted by Crippen LogP contribution is -2.34. The lowest BCUT2D eigenvalue weighted by molar-refractivity contribution is -0.131. The number of rotatable bonds is 7. The molecule has 0 bridgehead atoms. The quantitative estimate of drug-likeness (QED) is 0.406. The van der Waals surface area contributed by atoms with Gasteiger partial charge in [0.15, 0.2) is 0 Å². The molecule has 1 N–H and O–H groups in total. The number of fused-ring (bicyclic) bond motifs is 1. The molecule has 0 spiro atoms. The summed E-state index contributed by atoms with van der Waals surface area (Å²) in [6, 6.07) is 4.58. The molecule has 2 rings (SSSR count). The predicted molar refractivity (Wildman–Crippen MR) is 122 cm³/mol. The lowest BCUT2D eigenvalue weighted by Gasteiger charge is -2.42. The van der Waals surface area contributed by atoms with E-state index in [-0.39, 0.29) is 10.8 Å². The van der Waals surface area contributed by atoms with Crippen LogP contribution in [0.15, 0.2) is 42.0 Å². The predicted octanol–water partition coefficient (Wildman–Crippen LogP) is 6.81. The van der Waals surface area contributed by atoms with Crippen LogP contribution in [0.4, 0.5) is 0 Å². The van der Waals surface area contributed by atoms with E-state index in [0.717, 1.165) is 23.3 Å². The molecule has 0 heterocycles. The fraction of sp³-hybridized carbons (Fsp3) is 0.500. The van der Waals surface area contributed by atoms with Crippen LogP contribution in [0, 0.1) is 0 Å². The van der Waals surface area contributed by atoms with Crippen molar-refractivity contribution < 1.29 is 14.6 Å². The maximum atomic E-state index is 10.8. The molecule has 1 aromatic rings. The van der Waals surface area contributed by atoms with Crippen LogP contribution in [0.2, 0.25) is 0 Å². The number of hydrogen-bond donors (Lipinski definition) is 1. The van der Waals surface area contributed by atoms with Crippen LogP contribution in [0.25, 0.3) is 5.57 Å². The molecule has 0 unspecified atom stereocenters. The van der Waals surface area contributed by atoms with Crippen molar-refractivity contribution in [2.45, 2.75) is 78.6 Å². The molecule has 0 aliphatic heterocycles. The first-order valence-electron chi connectivity index (χ1n) is 10.6. The highest BCUT2D eigenvalue weighted by molar-refractivity contribution is 5.81. The molecule has 158 valence electrons. The second-order valence-electron chi connectivity index (χ2n) is 9.45. The van der Waals surface area contributed by atoms with Gasteiger partial charge in [0.2, 0.25) is 0 Å². The van der Waals surface area contributed by atoms with Gasteiger partial charge in [0.1, 0.15) is 5.75 Å². The van der Waals surface area contributed by atoms with Crippen molar-refractivity contribution in [3.05, 3.63) is 58.7 Å². The highest BCUT2D eigenvalue weighted by atomic mass is 16.5. The van der Waals surface area contributed by atoms with Gasteiger partial charge in [0, 0.05) is 11.6 Å². The van der Waals surface area contributed by atoms with Gasteiger partial charge in [0.25, 0.3) is 0 Å². The summed E-state index contributed by atoms with van der Waals surface area (Å²) in [7, 11) is 0. The average Bonchev–Trinajstić information content (AvgIpc) is 2.62. The van der Waals surface area contributed by atoms with Gasteiger partial charge in [0.05, 0.1) is 6.61 Å². The molecule has 0 radical (unpaired) electrons. The van der Waals surface area contributed by atoms with Crippen molar-refractivity contribution in [1.29, 1.82) is 0 Å². The Hall–Kier alpha value is -2.29. The normalized spacial score (nSPS) is 18.6. The smallest absolute Gasteiger partial charge is 0.328 e. The van der Waals surface area contributed by atoms with E-state index in [1.54, 1.807) is 6.92 Å². The number of carbonyl (C=O) groups is 1. The minimum absolute atomic E-state index is 0.139. The minimum atomic E-state index is -0.928. The Labute approximate surface area is 176 Å². The van der Waals surface area contributed by atoms with Crippen LogP contribution in [0.3, 0.4) is 0 Å².